The van der Waals surface area contributed by atoms with Gasteiger partial charge in [0.2, 0.25) is 5.89 Å². The highest BCUT2D eigenvalue weighted by atomic mass is 32.2. The van der Waals surface area contributed by atoms with Gasteiger partial charge in [0.05, 0.1) is 32.4 Å². The molecule has 0 unspecified atom stereocenters. The number of rotatable bonds is 9. The Kier molecular flexibility index (Phi) is 6.03. The molecule has 31 heavy (non-hydrogen) atoms. The van der Waals surface area contributed by atoms with Crippen LogP contribution in [-0.2, 0) is 6.42 Å². The zero-order valence-corrected chi connectivity index (χ0v) is 18.2. The lowest BCUT2D eigenvalue weighted by molar-refractivity contribution is 0.376. The smallest absolute Gasteiger partial charge is 0.267 e. The predicted octanol–water partition coefficient (Wildman–Crippen LogP) is 4.66. The summed E-state index contributed by atoms with van der Waals surface area (Å²) in [5.74, 6) is 3.34. The van der Waals surface area contributed by atoms with Gasteiger partial charge in [-0.05, 0) is 35.3 Å². The number of hydrogen-bond acceptors (Lipinski definition) is 11. The number of benzene rings is 2. The zero-order valence-electron chi connectivity index (χ0n) is 17.4. The van der Waals surface area contributed by atoms with Gasteiger partial charge in [-0.25, -0.2) is 0 Å². The normalized spacial score (nSPS) is 10.8. The first kappa shape index (κ1) is 20.7. The Morgan fingerprint density at radius 2 is 1.71 bits per heavy atom. The Bertz CT molecular complexity index is 1170. The molecule has 2 aromatic carbocycles. The van der Waals surface area contributed by atoms with Gasteiger partial charge in [-0.2, -0.15) is 4.98 Å². The van der Waals surface area contributed by atoms with Crippen LogP contribution in [0.5, 0.6) is 17.2 Å². The number of methoxy groups -OCH3 is 3. The van der Waals surface area contributed by atoms with Crippen LogP contribution in [-0.4, -0.2) is 36.6 Å². The quantitative estimate of drug-likeness (QED) is 0.352. The molecule has 4 rings (SSSR count). The van der Waals surface area contributed by atoms with Crippen molar-refractivity contribution in [3.05, 3.63) is 36.2 Å². The standard InChI is InChI=1S/C20H21N5O5S/c1-5-17-22-20(24-30-17)21-12-10-15-11(9-16(12)28-4)19(23-29-15)25-31-18-13(26-2)7-6-8-14(18)27-3/h6-10H,5H2,1-4H3,(H,21,24)(H,23,25). The molecule has 0 aliphatic heterocycles. The first-order chi connectivity index (χ1) is 15.2. The van der Waals surface area contributed by atoms with E-state index in [0.29, 0.717) is 52.6 Å². The largest absolute Gasteiger partial charge is 0.495 e. The maximum Gasteiger partial charge on any atom is 0.267 e. The molecule has 11 heteroatoms. The summed E-state index contributed by atoms with van der Waals surface area (Å²) >= 11 is 1.31. The van der Waals surface area contributed by atoms with Crippen molar-refractivity contribution in [2.75, 3.05) is 31.4 Å². The molecular weight excluding hydrogens is 422 g/mol. The van der Waals surface area contributed by atoms with Crippen molar-refractivity contribution in [3.8, 4) is 17.2 Å². The van der Waals surface area contributed by atoms with Crippen LogP contribution in [0.3, 0.4) is 0 Å². The average Bonchev–Trinajstić information content (AvgIpc) is 3.43. The summed E-state index contributed by atoms with van der Waals surface area (Å²) in [5.41, 5.74) is 1.18. The van der Waals surface area contributed by atoms with Gasteiger partial charge < -0.3 is 33.3 Å². The van der Waals surface area contributed by atoms with Crippen LogP contribution in [0.15, 0.2) is 44.3 Å². The highest BCUT2D eigenvalue weighted by Crippen LogP contribution is 2.40. The second-order valence-corrected chi connectivity index (χ2v) is 7.08. The Balaban J connectivity index is 1.61. The minimum Gasteiger partial charge on any atom is -0.495 e. The van der Waals surface area contributed by atoms with Crippen LogP contribution in [0.4, 0.5) is 17.5 Å². The van der Waals surface area contributed by atoms with Crippen molar-refractivity contribution in [2.24, 2.45) is 0 Å². The summed E-state index contributed by atoms with van der Waals surface area (Å²) in [5, 5.41) is 11.9. The van der Waals surface area contributed by atoms with Gasteiger partial charge in [0.1, 0.15) is 22.1 Å². The molecule has 0 saturated heterocycles. The van der Waals surface area contributed by atoms with Gasteiger partial charge >= 0.3 is 0 Å². The zero-order chi connectivity index (χ0) is 21.8. The molecule has 0 spiro atoms. The van der Waals surface area contributed by atoms with E-state index in [1.807, 2.05) is 31.2 Å². The second kappa shape index (κ2) is 9.04. The third-order valence-corrected chi connectivity index (χ3v) is 5.34. The summed E-state index contributed by atoms with van der Waals surface area (Å²) in [6.45, 7) is 1.94. The molecule has 2 N–H and O–H groups in total. The van der Waals surface area contributed by atoms with E-state index in [9.17, 15) is 0 Å². The third-order valence-electron chi connectivity index (χ3n) is 4.44. The maximum atomic E-state index is 5.53. The highest BCUT2D eigenvalue weighted by Gasteiger charge is 2.17. The Hall–Kier alpha value is -3.60. The maximum absolute atomic E-state index is 5.53. The molecular formula is C20H21N5O5S. The summed E-state index contributed by atoms with van der Waals surface area (Å²) in [7, 11) is 4.79. The number of nitrogens with one attached hydrogen (secondary N) is 2. The second-order valence-electron chi connectivity index (χ2n) is 6.27. The van der Waals surface area contributed by atoms with Crippen molar-refractivity contribution < 1.29 is 23.3 Å². The van der Waals surface area contributed by atoms with Gasteiger partial charge in [0.25, 0.3) is 5.95 Å². The molecule has 4 aromatic rings. The van der Waals surface area contributed by atoms with Crippen molar-refractivity contribution >= 4 is 40.4 Å². The molecule has 10 nitrogen and oxygen atoms in total. The number of fused-ring (bicyclic) bond motifs is 1. The highest BCUT2D eigenvalue weighted by molar-refractivity contribution is 8.00. The van der Waals surface area contributed by atoms with Gasteiger partial charge in [-0.15, -0.1) is 0 Å². The Morgan fingerprint density at radius 1 is 0.968 bits per heavy atom. The van der Waals surface area contributed by atoms with E-state index in [4.69, 9.17) is 23.3 Å². The van der Waals surface area contributed by atoms with Crippen LogP contribution in [0.2, 0.25) is 0 Å². The topological polar surface area (TPSA) is 117 Å². The van der Waals surface area contributed by atoms with Crippen LogP contribution >= 0.6 is 11.9 Å². The Labute approximate surface area is 182 Å². The fourth-order valence-corrected chi connectivity index (χ4v) is 3.74. The molecule has 0 fully saturated rings. The lowest BCUT2D eigenvalue weighted by atomic mass is 10.2. The van der Waals surface area contributed by atoms with Crippen molar-refractivity contribution in [1.29, 1.82) is 0 Å². The molecule has 0 atom stereocenters. The number of aromatic nitrogens is 3. The molecule has 0 amide bonds. The van der Waals surface area contributed by atoms with Crippen LogP contribution < -0.4 is 24.2 Å². The monoisotopic (exact) mass is 443 g/mol. The number of aryl methyl sites for hydroxylation is 1. The molecule has 0 aliphatic carbocycles. The van der Waals surface area contributed by atoms with Gasteiger partial charge in [0, 0.05) is 12.5 Å². The molecule has 162 valence electrons. The van der Waals surface area contributed by atoms with E-state index in [-0.39, 0.29) is 0 Å². The van der Waals surface area contributed by atoms with E-state index in [2.05, 4.69) is 25.3 Å². The summed E-state index contributed by atoms with van der Waals surface area (Å²) in [6, 6.07) is 9.16. The molecule has 0 bridgehead atoms. The fourth-order valence-electron chi connectivity index (χ4n) is 2.89. The number of nitrogens with zero attached hydrogens (tertiary/aromatic N) is 3. The van der Waals surface area contributed by atoms with Crippen molar-refractivity contribution in [2.45, 2.75) is 18.2 Å². The minimum atomic E-state index is 0.339. The lowest BCUT2D eigenvalue weighted by Crippen LogP contribution is -1.97. The number of anilines is 3. The fraction of sp³-hybridized carbons (Fsp3) is 0.250. The summed E-state index contributed by atoms with van der Waals surface area (Å²) in [6.07, 6.45) is 0.649. The predicted molar refractivity (Wildman–Crippen MR) is 117 cm³/mol. The van der Waals surface area contributed by atoms with Crippen molar-refractivity contribution in [1.82, 2.24) is 15.3 Å². The number of ether oxygens (including phenoxy) is 3. The third kappa shape index (κ3) is 4.17. The summed E-state index contributed by atoms with van der Waals surface area (Å²) < 4.78 is 30.2. The van der Waals surface area contributed by atoms with E-state index < -0.39 is 0 Å². The molecule has 0 aliphatic rings. The van der Waals surface area contributed by atoms with Gasteiger partial charge in [-0.1, -0.05) is 18.1 Å². The van der Waals surface area contributed by atoms with Crippen LogP contribution in [0.1, 0.15) is 12.8 Å². The van der Waals surface area contributed by atoms with Gasteiger partial charge in [-0.3, -0.25) is 0 Å². The lowest BCUT2D eigenvalue weighted by Gasteiger charge is -2.12. The summed E-state index contributed by atoms with van der Waals surface area (Å²) in [4.78, 5) is 5.04. The molecule has 0 radical (unpaired) electrons. The SMILES string of the molecule is CCc1nc(Nc2cc3onc(NSc4c(OC)cccc4OC)c3cc2OC)no1. The van der Waals surface area contributed by atoms with Crippen molar-refractivity contribution in [3.63, 3.8) is 0 Å². The van der Waals surface area contributed by atoms with E-state index >= 15 is 0 Å². The first-order valence-electron chi connectivity index (χ1n) is 9.37. The average molecular weight is 443 g/mol. The first-order valence-corrected chi connectivity index (χ1v) is 10.2. The van der Waals surface area contributed by atoms with E-state index in [0.717, 1.165) is 10.3 Å². The van der Waals surface area contributed by atoms with Gasteiger partial charge in [0.15, 0.2) is 11.4 Å². The van der Waals surface area contributed by atoms with Crippen LogP contribution in [0.25, 0.3) is 11.0 Å². The molecule has 2 heterocycles. The van der Waals surface area contributed by atoms with Crippen LogP contribution in [0, 0.1) is 0 Å². The van der Waals surface area contributed by atoms with E-state index in [1.54, 1.807) is 27.4 Å². The molecule has 2 aromatic heterocycles. The number of hydrogen-bond donors (Lipinski definition) is 2. The molecule has 0 saturated carbocycles. The Morgan fingerprint density at radius 3 is 2.35 bits per heavy atom. The van der Waals surface area contributed by atoms with E-state index in [1.165, 1.54) is 11.9 Å². The minimum absolute atomic E-state index is 0.339.